The first kappa shape index (κ1) is 26.1. The van der Waals surface area contributed by atoms with E-state index in [1.165, 1.54) is 76.5 Å². The Bertz CT molecular complexity index is 2700. The molecule has 1 aliphatic rings. The molecular weight excluding hydrogens is 569 g/mol. The topological polar surface area (TPSA) is 9.23 Å². The fraction of sp³-hybridized carbons (Fsp3) is 0. The van der Waals surface area contributed by atoms with Crippen molar-refractivity contribution in [2.24, 2.45) is 0 Å². The summed E-state index contributed by atoms with van der Waals surface area (Å²) in [6, 6.07) is 61.5. The highest BCUT2D eigenvalue weighted by Gasteiger charge is 2.27. The van der Waals surface area contributed by atoms with E-state index in [1.54, 1.807) is 0 Å². The number of rotatable bonds is 3. The molecule has 0 fully saturated rings. The molecule has 0 amide bonds. The Hall–Kier alpha value is -6.18. The second-order valence-electron chi connectivity index (χ2n) is 12.5. The minimum atomic E-state index is 0.888. The molecule has 47 heavy (non-hydrogen) atoms. The molecule has 0 bridgehead atoms. The molecule has 1 heterocycles. The molecule has 0 radical (unpaired) electrons. The highest BCUT2D eigenvalue weighted by Crippen LogP contribution is 2.54. The molecule has 10 rings (SSSR count). The maximum atomic E-state index is 6.81. The van der Waals surface area contributed by atoms with E-state index in [0.717, 1.165) is 22.6 Å². The van der Waals surface area contributed by atoms with Crippen LogP contribution in [0.1, 0.15) is 0 Å². The third kappa shape index (κ3) is 4.03. The summed E-state index contributed by atoms with van der Waals surface area (Å²) in [6.45, 7) is 0. The van der Waals surface area contributed by atoms with Gasteiger partial charge in [0.25, 0.3) is 0 Å². The molecule has 9 aromatic rings. The molecule has 1 heteroatoms. The van der Waals surface area contributed by atoms with Crippen LogP contribution in [0.3, 0.4) is 0 Å². The van der Waals surface area contributed by atoms with Crippen molar-refractivity contribution in [3.05, 3.63) is 170 Å². The summed E-state index contributed by atoms with van der Waals surface area (Å²) in [4.78, 5) is 0. The first-order valence-electron chi connectivity index (χ1n) is 16.2. The molecule has 0 saturated heterocycles. The highest BCUT2D eigenvalue weighted by atomic mass is 16.5. The van der Waals surface area contributed by atoms with Gasteiger partial charge in [0, 0.05) is 16.5 Å². The molecule has 0 aliphatic carbocycles. The zero-order valence-corrected chi connectivity index (χ0v) is 25.6. The van der Waals surface area contributed by atoms with Gasteiger partial charge in [-0.1, -0.05) is 140 Å². The van der Waals surface area contributed by atoms with Crippen LogP contribution in [0.25, 0.3) is 87.6 Å². The lowest BCUT2D eigenvalue weighted by atomic mass is 9.82. The lowest BCUT2D eigenvalue weighted by Gasteiger charge is -2.26. The van der Waals surface area contributed by atoms with Crippen molar-refractivity contribution in [2.45, 2.75) is 0 Å². The standard InChI is InChI=1S/C46H28O/c1-2-12-31(13-3-1)44-39-24-23-35(37-17-8-15-30-11-6-7-16-36(30)37)27-41(39)38-18-9-19-42-45(38)46(44)40-25-22-34(28-43(40)47-42)33-21-20-29-10-4-5-14-32(29)26-33/h1-28H. The van der Waals surface area contributed by atoms with Crippen LogP contribution in [-0.4, -0.2) is 0 Å². The van der Waals surface area contributed by atoms with E-state index in [2.05, 4.69) is 170 Å². The van der Waals surface area contributed by atoms with Crippen LogP contribution in [0, 0.1) is 0 Å². The minimum Gasteiger partial charge on any atom is -0.456 e. The van der Waals surface area contributed by atoms with Crippen molar-refractivity contribution in [3.8, 4) is 56.0 Å². The molecule has 9 aromatic carbocycles. The fourth-order valence-corrected chi connectivity index (χ4v) is 7.64. The molecule has 0 atom stereocenters. The predicted molar refractivity (Wildman–Crippen MR) is 198 cm³/mol. The number of fused-ring (bicyclic) bond motifs is 6. The zero-order chi connectivity index (χ0) is 30.9. The summed E-state index contributed by atoms with van der Waals surface area (Å²) in [5.74, 6) is 1.79. The van der Waals surface area contributed by atoms with Gasteiger partial charge in [0.1, 0.15) is 11.5 Å². The van der Waals surface area contributed by atoms with Crippen molar-refractivity contribution in [2.75, 3.05) is 0 Å². The van der Waals surface area contributed by atoms with Gasteiger partial charge in [-0.2, -0.15) is 0 Å². The maximum absolute atomic E-state index is 6.81. The van der Waals surface area contributed by atoms with E-state index in [-0.39, 0.29) is 0 Å². The van der Waals surface area contributed by atoms with Crippen molar-refractivity contribution >= 4 is 43.1 Å². The molecule has 0 unspecified atom stereocenters. The molecule has 1 aliphatic heterocycles. The van der Waals surface area contributed by atoms with Gasteiger partial charge in [0.2, 0.25) is 0 Å². The summed E-state index contributed by atoms with van der Waals surface area (Å²) in [6.07, 6.45) is 0. The van der Waals surface area contributed by atoms with Crippen LogP contribution in [0.15, 0.2) is 170 Å². The summed E-state index contributed by atoms with van der Waals surface area (Å²) in [7, 11) is 0. The normalized spacial score (nSPS) is 12.0. The van der Waals surface area contributed by atoms with Crippen LogP contribution in [-0.2, 0) is 0 Å². The molecular formula is C46H28O. The van der Waals surface area contributed by atoms with E-state index in [1.807, 2.05) is 0 Å². The predicted octanol–water partition coefficient (Wildman–Crippen LogP) is 13.1. The van der Waals surface area contributed by atoms with Gasteiger partial charge in [0.15, 0.2) is 0 Å². The third-order valence-electron chi connectivity index (χ3n) is 9.82. The van der Waals surface area contributed by atoms with Crippen LogP contribution >= 0.6 is 0 Å². The molecule has 0 N–H and O–H groups in total. The SMILES string of the molecule is c1ccc(-c2c3c4c(cccc4c4cc(-c5cccc6ccccc56)ccc24)Oc2cc(-c4ccc5ccccc5c4)ccc2-3)cc1. The van der Waals surface area contributed by atoms with Crippen molar-refractivity contribution in [1.29, 1.82) is 0 Å². The van der Waals surface area contributed by atoms with Crippen molar-refractivity contribution in [1.82, 2.24) is 0 Å². The number of benzene rings is 9. The zero-order valence-electron chi connectivity index (χ0n) is 25.6. The largest absolute Gasteiger partial charge is 0.456 e. The van der Waals surface area contributed by atoms with E-state index < -0.39 is 0 Å². The lowest BCUT2D eigenvalue weighted by molar-refractivity contribution is 0.487. The Morgan fingerprint density at radius 1 is 0.298 bits per heavy atom. The Kier molecular flexibility index (Phi) is 5.64. The Morgan fingerprint density at radius 3 is 1.91 bits per heavy atom. The van der Waals surface area contributed by atoms with E-state index >= 15 is 0 Å². The van der Waals surface area contributed by atoms with Gasteiger partial charge in [-0.3, -0.25) is 0 Å². The molecule has 1 nitrogen and oxygen atoms in total. The van der Waals surface area contributed by atoms with Crippen LogP contribution in [0.4, 0.5) is 0 Å². The first-order chi connectivity index (χ1) is 23.3. The summed E-state index contributed by atoms with van der Waals surface area (Å²) < 4.78 is 6.81. The highest BCUT2D eigenvalue weighted by molar-refractivity contribution is 6.25. The summed E-state index contributed by atoms with van der Waals surface area (Å²) in [5.41, 5.74) is 9.59. The minimum absolute atomic E-state index is 0.888. The van der Waals surface area contributed by atoms with Gasteiger partial charge in [-0.15, -0.1) is 0 Å². The lowest BCUT2D eigenvalue weighted by Crippen LogP contribution is -2.01. The Balaban J connectivity index is 1.25. The monoisotopic (exact) mass is 596 g/mol. The van der Waals surface area contributed by atoms with Gasteiger partial charge in [-0.05, 0) is 101 Å². The number of hydrogen-bond acceptors (Lipinski definition) is 1. The maximum Gasteiger partial charge on any atom is 0.135 e. The second kappa shape index (κ2) is 10.2. The first-order valence-corrected chi connectivity index (χ1v) is 16.2. The smallest absolute Gasteiger partial charge is 0.135 e. The fourth-order valence-electron chi connectivity index (χ4n) is 7.64. The Labute approximate surface area is 272 Å². The van der Waals surface area contributed by atoms with Gasteiger partial charge < -0.3 is 4.74 Å². The number of hydrogen-bond donors (Lipinski definition) is 0. The van der Waals surface area contributed by atoms with Gasteiger partial charge in [0.05, 0.1) is 0 Å². The van der Waals surface area contributed by atoms with Crippen molar-refractivity contribution in [3.63, 3.8) is 0 Å². The number of ether oxygens (including phenoxy) is 1. The summed E-state index contributed by atoms with van der Waals surface area (Å²) in [5, 5.41) is 9.84. The van der Waals surface area contributed by atoms with Crippen molar-refractivity contribution < 1.29 is 4.74 Å². The van der Waals surface area contributed by atoms with Crippen LogP contribution in [0.5, 0.6) is 11.5 Å². The molecule has 218 valence electrons. The summed E-state index contributed by atoms with van der Waals surface area (Å²) >= 11 is 0. The quantitative estimate of drug-likeness (QED) is 0.184. The second-order valence-corrected chi connectivity index (χ2v) is 12.5. The van der Waals surface area contributed by atoms with E-state index in [0.29, 0.717) is 0 Å². The Morgan fingerprint density at radius 2 is 1.00 bits per heavy atom. The van der Waals surface area contributed by atoms with E-state index in [9.17, 15) is 0 Å². The van der Waals surface area contributed by atoms with Gasteiger partial charge in [-0.25, -0.2) is 0 Å². The average molecular weight is 597 g/mol. The van der Waals surface area contributed by atoms with E-state index in [4.69, 9.17) is 4.74 Å². The molecule has 0 aromatic heterocycles. The molecule has 0 saturated carbocycles. The van der Waals surface area contributed by atoms with Crippen LogP contribution in [0.2, 0.25) is 0 Å². The molecule has 0 spiro atoms. The average Bonchev–Trinajstić information content (AvgIpc) is 3.14. The van der Waals surface area contributed by atoms with Gasteiger partial charge >= 0.3 is 0 Å². The van der Waals surface area contributed by atoms with Crippen LogP contribution < -0.4 is 4.74 Å². The third-order valence-corrected chi connectivity index (χ3v) is 9.82.